The van der Waals surface area contributed by atoms with Crippen molar-refractivity contribution in [3.05, 3.63) is 35.8 Å². The van der Waals surface area contributed by atoms with Gasteiger partial charge in [-0.25, -0.2) is 14.8 Å². The minimum absolute atomic E-state index is 0.0104. The average molecular weight is 352 g/mol. The van der Waals surface area contributed by atoms with E-state index in [1.54, 1.807) is 12.4 Å². The summed E-state index contributed by atoms with van der Waals surface area (Å²) in [4.78, 5) is 30.3. The maximum absolute atomic E-state index is 12.3. The number of pyridine rings is 1. The van der Waals surface area contributed by atoms with Gasteiger partial charge in [-0.05, 0) is 31.9 Å². The molecule has 7 nitrogen and oxygen atoms in total. The fourth-order valence-electron chi connectivity index (χ4n) is 3.65. The maximum Gasteiger partial charge on any atom is 0.317 e. The second kappa shape index (κ2) is 7.27. The zero-order valence-corrected chi connectivity index (χ0v) is 15.1. The van der Waals surface area contributed by atoms with Crippen molar-refractivity contribution in [3.8, 4) is 11.4 Å². The lowest BCUT2D eigenvalue weighted by molar-refractivity contribution is 0.192. The molecule has 136 valence electrons. The highest BCUT2D eigenvalue weighted by Crippen LogP contribution is 2.31. The molecule has 0 radical (unpaired) electrons. The minimum atomic E-state index is -0.0104. The number of anilines is 1. The molecule has 4 rings (SSSR count). The topological polar surface area (TPSA) is 74.2 Å². The standard InChI is InChI=1S/C19H24N6O/c1-2-21-19(26)25-12-7-16-15(13-25)18(24-10-3-4-11-24)23-17(22-16)14-5-8-20-9-6-14/h5-6,8-9H,2-4,7,10-13H2,1H3,(H,21,26). The molecule has 4 heterocycles. The van der Waals surface area contributed by atoms with Gasteiger partial charge in [0.25, 0.3) is 0 Å². The van der Waals surface area contributed by atoms with E-state index < -0.39 is 0 Å². The van der Waals surface area contributed by atoms with Gasteiger partial charge in [0.15, 0.2) is 5.82 Å². The number of fused-ring (bicyclic) bond motifs is 1. The third-order valence-electron chi connectivity index (χ3n) is 5.00. The fraction of sp³-hybridized carbons (Fsp3) is 0.474. The largest absolute Gasteiger partial charge is 0.356 e. The molecule has 1 N–H and O–H groups in total. The van der Waals surface area contributed by atoms with Crippen LogP contribution in [-0.2, 0) is 13.0 Å². The van der Waals surface area contributed by atoms with Crippen LogP contribution in [0.3, 0.4) is 0 Å². The van der Waals surface area contributed by atoms with Gasteiger partial charge in [0.1, 0.15) is 5.82 Å². The average Bonchev–Trinajstić information content (AvgIpc) is 3.22. The number of nitrogens with zero attached hydrogens (tertiary/aromatic N) is 5. The van der Waals surface area contributed by atoms with Crippen LogP contribution in [0.25, 0.3) is 11.4 Å². The molecule has 0 bridgehead atoms. The number of urea groups is 1. The zero-order valence-electron chi connectivity index (χ0n) is 15.1. The van der Waals surface area contributed by atoms with Crippen LogP contribution < -0.4 is 10.2 Å². The monoisotopic (exact) mass is 352 g/mol. The number of carbonyl (C=O) groups excluding carboxylic acids is 1. The van der Waals surface area contributed by atoms with Crippen LogP contribution in [0.1, 0.15) is 31.0 Å². The Bertz CT molecular complexity index is 788. The Labute approximate surface area is 153 Å². The summed E-state index contributed by atoms with van der Waals surface area (Å²) in [5, 5.41) is 2.90. The van der Waals surface area contributed by atoms with Crippen LogP contribution in [0, 0.1) is 0 Å². The molecule has 1 fully saturated rings. The van der Waals surface area contributed by atoms with Crippen molar-refractivity contribution in [2.45, 2.75) is 32.7 Å². The molecule has 0 unspecified atom stereocenters. The molecule has 7 heteroatoms. The number of hydrogen-bond donors (Lipinski definition) is 1. The van der Waals surface area contributed by atoms with Gasteiger partial charge >= 0.3 is 6.03 Å². The molecule has 0 aliphatic carbocycles. The van der Waals surface area contributed by atoms with E-state index in [0.717, 1.165) is 48.0 Å². The number of rotatable bonds is 3. The molecule has 0 aromatic carbocycles. The molecule has 0 saturated carbocycles. The first-order valence-corrected chi connectivity index (χ1v) is 9.34. The Balaban J connectivity index is 1.73. The molecule has 26 heavy (non-hydrogen) atoms. The van der Waals surface area contributed by atoms with Crippen LogP contribution in [0.15, 0.2) is 24.5 Å². The van der Waals surface area contributed by atoms with Crippen molar-refractivity contribution in [1.29, 1.82) is 0 Å². The second-order valence-electron chi connectivity index (χ2n) is 6.73. The molecule has 2 aromatic rings. The molecular weight excluding hydrogens is 328 g/mol. The first-order valence-electron chi connectivity index (χ1n) is 9.34. The number of nitrogens with one attached hydrogen (secondary N) is 1. The van der Waals surface area contributed by atoms with Gasteiger partial charge in [-0.1, -0.05) is 0 Å². The lowest BCUT2D eigenvalue weighted by atomic mass is 10.1. The molecule has 0 atom stereocenters. The van der Waals surface area contributed by atoms with E-state index in [1.807, 2.05) is 24.0 Å². The van der Waals surface area contributed by atoms with E-state index in [9.17, 15) is 4.79 Å². The van der Waals surface area contributed by atoms with Crippen molar-refractivity contribution in [3.63, 3.8) is 0 Å². The highest BCUT2D eigenvalue weighted by molar-refractivity contribution is 5.75. The van der Waals surface area contributed by atoms with Crippen molar-refractivity contribution in [2.75, 3.05) is 31.1 Å². The van der Waals surface area contributed by atoms with Crippen molar-refractivity contribution in [2.24, 2.45) is 0 Å². The van der Waals surface area contributed by atoms with E-state index in [-0.39, 0.29) is 6.03 Å². The number of aromatic nitrogens is 3. The van der Waals surface area contributed by atoms with Crippen LogP contribution in [-0.4, -0.2) is 52.1 Å². The third kappa shape index (κ3) is 3.21. The summed E-state index contributed by atoms with van der Waals surface area (Å²) in [6.07, 6.45) is 6.66. The number of hydrogen-bond acceptors (Lipinski definition) is 5. The lowest BCUT2D eigenvalue weighted by Crippen LogP contribution is -2.43. The fourth-order valence-corrected chi connectivity index (χ4v) is 3.65. The molecule has 2 aliphatic heterocycles. The highest BCUT2D eigenvalue weighted by Gasteiger charge is 2.28. The van der Waals surface area contributed by atoms with Gasteiger partial charge in [0.2, 0.25) is 0 Å². The predicted molar refractivity (Wildman–Crippen MR) is 99.9 cm³/mol. The summed E-state index contributed by atoms with van der Waals surface area (Å²) in [5.74, 6) is 1.74. The summed E-state index contributed by atoms with van der Waals surface area (Å²) >= 11 is 0. The Morgan fingerprint density at radius 3 is 2.65 bits per heavy atom. The quantitative estimate of drug-likeness (QED) is 0.917. The highest BCUT2D eigenvalue weighted by atomic mass is 16.2. The summed E-state index contributed by atoms with van der Waals surface area (Å²) in [6, 6.07) is 3.88. The van der Waals surface area contributed by atoms with Crippen LogP contribution in [0.2, 0.25) is 0 Å². The first kappa shape index (κ1) is 16.8. The normalized spacial score (nSPS) is 16.5. The lowest BCUT2D eigenvalue weighted by Gasteiger charge is -2.31. The molecule has 1 saturated heterocycles. The summed E-state index contributed by atoms with van der Waals surface area (Å²) < 4.78 is 0. The van der Waals surface area contributed by atoms with Crippen molar-refractivity contribution >= 4 is 11.8 Å². The minimum Gasteiger partial charge on any atom is -0.356 e. The summed E-state index contributed by atoms with van der Waals surface area (Å²) in [6.45, 7) is 5.86. The van der Waals surface area contributed by atoms with Gasteiger partial charge < -0.3 is 15.1 Å². The number of carbonyl (C=O) groups is 1. The molecule has 0 spiro atoms. The van der Waals surface area contributed by atoms with E-state index >= 15 is 0 Å². The molecular formula is C19H24N6O. The molecule has 2 aliphatic rings. The predicted octanol–water partition coefficient (Wildman–Crippen LogP) is 2.23. The van der Waals surface area contributed by atoms with Crippen LogP contribution in [0.4, 0.5) is 10.6 Å². The van der Waals surface area contributed by atoms with E-state index in [2.05, 4.69) is 15.2 Å². The Morgan fingerprint density at radius 1 is 1.15 bits per heavy atom. The molecule has 2 amide bonds. The Morgan fingerprint density at radius 2 is 1.92 bits per heavy atom. The summed E-state index contributed by atoms with van der Waals surface area (Å²) in [5.41, 5.74) is 3.14. The third-order valence-corrected chi connectivity index (χ3v) is 5.00. The van der Waals surface area contributed by atoms with Crippen LogP contribution >= 0.6 is 0 Å². The number of amides is 2. The maximum atomic E-state index is 12.3. The van der Waals surface area contributed by atoms with Gasteiger partial charge in [-0.2, -0.15) is 0 Å². The van der Waals surface area contributed by atoms with Gasteiger partial charge in [0, 0.05) is 56.1 Å². The van der Waals surface area contributed by atoms with Crippen molar-refractivity contribution < 1.29 is 4.79 Å². The van der Waals surface area contributed by atoms with Gasteiger partial charge in [-0.15, -0.1) is 0 Å². The van der Waals surface area contributed by atoms with Gasteiger partial charge in [-0.3, -0.25) is 4.98 Å². The Kier molecular flexibility index (Phi) is 4.69. The smallest absolute Gasteiger partial charge is 0.317 e. The van der Waals surface area contributed by atoms with Crippen molar-refractivity contribution in [1.82, 2.24) is 25.2 Å². The van der Waals surface area contributed by atoms with E-state index in [0.29, 0.717) is 19.6 Å². The van der Waals surface area contributed by atoms with Gasteiger partial charge in [0.05, 0.1) is 12.2 Å². The summed E-state index contributed by atoms with van der Waals surface area (Å²) in [7, 11) is 0. The van der Waals surface area contributed by atoms with E-state index in [1.165, 1.54) is 12.8 Å². The second-order valence-corrected chi connectivity index (χ2v) is 6.73. The zero-order chi connectivity index (χ0) is 17.9. The Hall–Kier alpha value is -2.70. The first-order chi connectivity index (χ1) is 12.8. The SMILES string of the molecule is CCNC(=O)N1CCc2nc(-c3ccncc3)nc(N3CCCC3)c2C1. The molecule has 2 aromatic heterocycles. The van der Waals surface area contributed by atoms with Crippen LogP contribution in [0.5, 0.6) is 0 Å². The van der Waals surface area contributed by atoms with E-state index in [4.69, 9.17) is 9.97 Å².